The second kappa shape index (κ2) is 5.34. The van der Waals surface area contributed by atoms with Crippen LogP contribution in [-0.4, -0.2) is 16.1 Å². The standard InChI is InChI=1S/C12H8Cl2N2O3/c13-6-1-7(14)3-9(2-6)19-11-10(12(17)18)4-8(15)5-16-11/h1-5H,15H2,(H,17,18). The van der Waals surface area contributed by atoms with E-state index in [0.717, 1.165) is 0 Å². The van der Waals surface area contributed by atoms with Crippen LogP contribution < -0.4 is 10.5 Å². The van der Waals surface area contributed by atoms with Crippen LogP contribution >= 0.6 is 23.2 Å². The van der Waals surface area contributed by atoms with Gasteiger partial charge in [-0.25, -0.2) is 9.78 Å². The third kappa shape index (κ3) is 3.27. The van der Waals surface area contributed by atoms with Crippen molar-refractivity contribution in [2.24, 2.45) is 0 Å². The summed E-state index contributed by atoms with van der Waals surface area (Å²) in [5, 5.41) is 9.79. The molecule has 5 nitrogen and oxygen atoms in total. The van der Waals surface area contributed by atoms with Crippen molar-refractivity contribution >= 4 is 34.9 Å². The van der Waals surface area contributed by atoms with Gasteiger partial charge in [-0.2, -0.15) is 0 Å². The van der Waals surface area contributed by atoms with Gasteiger partial charge in [-0.3, -0.25) is 0 Å². The third-order valence-electron chi connectivity index (χ3n) is 2.15. The highest BCUT2D eigenvalue weighted by atomic mass is 35.5. The highest BCUT2D eigenvalue weighted by Gasteiger charge is 2.14. The maximum Gasteiger partial charge on any atom is 0.341 e. The first kappa shape index (κ1) is 13.5. The molecule has 1 aromatic heterocycles. The van der Waals surface area contributed by atoms with E-state index in [4.69, 9.17) is 38.8 Å². The zero-order chi connectivity index (χ0) is 14.0. The minimum Gasteiger partial charge on any atom is -0.477 e. The predicted octanol–water partition coefficient (Wildman–Crippen LogP) is 3.46. The largest absolute Gasteiger partial charge is 0.477 e. The average Bonchev–Trinajstić information content (AvgIpc) is 2.30. The van der Waals surface area contributed by atoms with Gasteiger partial charge in [-0.15, -0.1) is 0 Å². The molecule has 0 atom stereocenters. The summed E-state index contributed by atoms with van der Waals surface area (Å²) in [5.74, 6) is -0.986. The molecule has 0 aliphatic heterocycles. The smallest absolute Gasteiger partial charge is 0.341 e. The number of aromatic carboxylic acids is 1. The lowest BCUT2D eigenvalue weighted by atomic mass is 10.2. The topological polar surface area (TPSA) is 85.4 Å². The number of nitrogen functional groups attached to an aromatic ring is 1. The van der Waals surface area contributed by atoms with Crippen molar-refractivity contribution in [3.05, 3.63) is 46.1 Å². The minimum atomic E-state index is -1.19. The van der Waals surface area contributed by atoms with Crippen molar-refractivity contribution in [3.8, 4) is 11.6 Å². The fourth-order valence-electron chi connectivity index (χ4n) is 1.40. The molecule has 1 heterocycles. The molecule has 7 heteroatoms. The van der Waals surface area contributed by atoms with Gasteiger partial charge in [0.25, 0.3) is 0 Å². The van der Waals surface area contributed by atoms with Gasteiger partial charge in [0, 0.05) is 10.0 Å². The van der Waals surface area contributed by atoms with E-state index >= 15 is 0 Å². The second-order valence-corrected chi connectivity index (χ2v) is 4.51. The van der Waals surface area contributed by atoms with E-state index < -0.39 is 5.97 Å². The van der Waals surface area contributed by atoms with Crippen molar-refractivity contribution in [3.63, 3.8) is 0 Å². The van der Waals surface area contributed by atoms with Crippen LogP contribution in [0.2, 0.25) is 10.0 Å². The van der Waals surface area contributed by atoms with Crippen molar-refractivity contribution < 1.29 is 14.6 Å². The van der Waals surface area contributed by atoms with Gasteiger partial charge in [0.1, 0.15) is 11.3 Å². The zero-order valence-corrected chi connectivity index (χ0v) is 10.9. The molecule has 0 saturated heterocycles. The van der Waals surface area contributed by atoms with Gasteiger partial charge in [0.2, 0.25) is 5.88 Å². The molecule has 0 fully saturated rings. The number of hydrogen-bond donors (Lipinski definition) is 2. The average molecular weight is 299 g/mol. The number of carboxylic acid groups (broad SMARTS) is 1. The van der Waals surface area contributed by atoms with E-state index in [1.807, 2.05) is 0 Å². The number of carbonyl (C=O) groups is 1. The molecule has 0 unspecified atom stereocenters. The first-order valence-electron chi connectivity index (χ1n) is 5.08. The molecule has 0 amide bonds. The normalized spacial score (nSPS) is 10.2. The van der Waals surface area contributed by atoms with Crippen molar-refractivity contribution in [2.75, 3.05) is 5.73 Å². The SMILES string of the molecule is Nc1cnc(Oc2cc(Cl)cc(Cl)c2)c(C(=O)O)c1. The summed E-state index contributed by atoms with van der Waals surface area (Å²) in [6, 6.07) is 5.79. The highest BCUT2D eigenvalue weighted by molar-refractivity contribution is 6.34. The molecule has 2 rings (SSSR count). The lowest BCUT2D eigenvalue weighted by Gasteiger charge is -2.08. The Bertz CT molecular complexity index is 627. The van der Waals surface area contributed by atoms with Crippen LogP contribution in [-0.2, 0) is 0 Å². The Hall–Kier alpha value is -1.98. The summed E-state index contributed by atoms with van der Waals surface area (Å²) < 4.78 is 5.37. The minimum absolute atomic E-state index is 0.0833. The quantitative estimate of drug-likeness (QED) is 0.906. The number of halogens is 2. The van der Waals surface area contributed by atoms with Gasteiger partial charge < -0.3 is 15.6 Å². The number of nitrogens with zero attached hydrogens (tertiary/aromatic N) is 1. The number of benzene rings is 1. The molecule has 0 bridgehead atoms. The number of anilines is 1. The number of carboxylic acids is 1. The molecule has 19 heavy (non-hydrogen) atoms. The Labute approximate surface area is 118 Å². The molecule has 0 spiro atoms. The third-order valence-corrected chi connectivity index (χ3v) is 2.59. The van der Waals surface area contributed by atoms with Crippen LogP contribution in [0.1, 0.15) is 10.4 Å². The maximum absolute atomic E-state index is 11.1. The zero-order valence-electron chi connectivity index (χ0n) is 9.43. The van der Waals surface area contributed by atoms with E-state index in [-0.39, 0.29) is 22.9 Å². The van der Waals surface area contributed by atoms with Crippen LogP contribution in [0.3, 0.4) is 0 Å². The Morgan fingerprint density at radius 3 is 2.42 bits per heavy atom. The molecule has 98 valence electrons. The molecular weight excluding hydrogens is 291 g/mol. The number of pyridine rings is 1. The second-order valence-electron chi connectivity index (χ2n) is 3.63. The summed E-state index contributed by atoms with van der Waals surface area (Å²) >= 11 is 11.6. The van der Waals surface area contributed by atoms with Crippen LogP contribution in [0.25, 0.3) is 0 Å². The summed E-state index contributed by atoms with van der Waals surface area (Å²) in [6.07, 6.45) is 1.30. The number of nitrogens with two attached hydrogens (primary N) is 1. The molecule has 0 aliphatic carbocycles. The summed E-state index contributed by atoms with van der Waals surface area (Å²) in [5.41, 5.74) is 5.57. The number of ether oxygens (including phenoxy) is 1. The van der Waals surface area contributed by atoms with Crippen LogP contribution in [0, 0.1) is 0 Å². The van der Waals surface area contributed by atoms with E-state index in [1.54, 1.807) is 0 Å². The maximum atomic E-state index is 11.1. The molecular formula is C12H8Cl2N2O3. The van der Waals surface area contributed by atoms with Gasteiger partial charge in [-0.05, 0) is 24.3 Å². The van der Waals surface area contributed by atoms with E-state index in [1.165, 1.54) is 30.5 Å². The molecule has 2 aromatic rings. The van der Waals surface area contributed by atoms with Crippen LogP contribution in [0.4, 0.5) is 5.69 Å². The Balaban J connectivity index is 2.40. The Morgan fingerprint density at radius 2 is 1.84 bits per heavy atom. The lowest BCUT2D eigenvalue weighted by molar-refractivity contribution is 0.0693. The number of aromatic nitrogens is 1. The fourth-order valence-corrected chi connectivity index (χ4v) is 1.91. The van der Waals surface area contributed by atoms with Gasteiger partial charge in [-0.1, -0.05) is 23.2 Å². The lowest BCUT2D eigenvalue weighted by Crippen LogP contribution is -2.03. The van der Waals surface area contributed by atoms with E-state index in [2.05, 4.69) is 4.98 Å². The van der Waals surface area contributed by atoms with E-state index in [9.17, 15) is 4.79 Å². The molecule has 0 saturated carbocycles. The number of hydrogen-bond acceptors (Lipinski definition) is 4. The van der Waals surface area contributed by atoms with Crippen LogP contribution in [0.5, 0.6) is 11.6 Å². The summed E-state index contributed by atoms with van der Waals surface area (Å²) in [7, 11) is 0. The van der Waals surface area contributed by atoms with Crippen molar-refractivity contribution in [1.82, 2.24) is 4.98 Å². The Kier molecular flexibility index (Phi) is 3.78. The first-order chi connectivity index (χ1) is 8.95. The molecule has 0 radical (unpaired) electrons. The highest BCUT2D eigenvalue weighted by Crippen LogP contribution is 2.29. The molecule has 3 N–H and O–H groups in total. The van der Waals surface area contributed by atoms with E-state index in [0.29, 0.717) is 10.0 Å². The van der Waals surface area contributed by atoms with Gasteiger partial charge in [0.05, 0.1) is 11.9 Å². The monoisotopic (exact) mass is 298 g/mol. The predicted molar refractivity (Wildman–Crippen MR) is 72.1 cm³/mol. The Morgan fingerprint density at radius 1 is 1.21 bits per heavy atom. The van der Waals surface area contributed by atoms with Gasteiger partial charge >= 0.3 is 5.97 Å². The van der Waals surface area contributed by atoms with Crippen LogP contribution in [0.15, 0.2) is 30.5 Å². The molecule has 1 aromatic carbocycles. The van der Waals surface area contributed by atoms with Gasteiger partial charge in [0.15, 0.2) is 0 Å². The fraction of sp³-hybridized carbons (Fsp3) is 0. The molecule has 0 aliphatic rings. The number of rotatable bonds is 3. The summed E-state index contributed by atoms with van der Waals surface area (Å²) in [6.45, 7) is 0. The first-order valence-corrected chi connectivity index (χ1v) is 5.84. The van der Waals surface area contributed by atoms with Crippen molar-refractivity contribution in [1.29, 1.82) is 0 Å². The summed E-state index contributed by atoms with van der Waals surface area (Å²) in [4.78, 5) is 14.9. The van der Waals surface area contributed by atoms with Crippen molar-refractivity contribution in [2.45, 2.75) is 0 Å².